The molecule has 1 aliphatic rings. The smallest absolute Gasteiger partial charge is 0.237 e. The molecule has 0 bridgehead atoms. The minimum atomic E-state index is -0.304. The van der Waals surface area contributed by atoms with Crippen molar-refractivity contribution in [2.45, 2.75) is 37.2 Å². The largest absolute Gasteiger partial charge is 0.454 e. The zero-order valence-corrected chi connectivity index (χ0v) is 14.0. The van der Waals surface area contributed by atoms with Crippen molar-refractivity contribution in [3.63, 3.8) is 0 Å². The third-order valence-electron chi connectivity index (χ3n) is 3.39. The highest BCUT2D eigenvalue weighted by Crippen LogP contribution is 2.34. The molecule has 3 rings (SSSR count). The summed E-state index contributed by atoms with van der Waals surface area (Å²) < 4.78 is 12.5. The molecule has 1 aromatic carbocycles. The fourth-order valence-electron chi connectivity index (χ4n) is 2.10. The Kier molecular flexibility index (Phi) is 4.42. The minimum Gasteiger partial charge on any atom is -0.454 e. The van der Waals surface area contributed by atoms with Crippen molar-refractivity contribution in [3.05, 3.63) is 24.5 Å². The maximum Gasteiger partial charge on any atom is 0.237 e. The van der Waals surface area contributed by atoms with Crippen molar-refractivity contribution >= 4 is 23.4 Å². The molecule has 0 aliphatic carbocycles. The molecule has 1 aliphatic heterocycles. The third kappa shape index (κ3) is 3.42. The summed E-state index contributed by atoms with van der Waals surface area (Å²) in [7, 11) is 0. The van der Waals surface area contributed by atoms with E-state index >= 15 is 0 Å². The molecule has 0 saturated carbocycles. The Morgan fingerprint density at radius 3 is 2.87 bits per heavy atom. The minimum absolute atomic E-state index is 0.104. The fourth-order valence-corrected chi connectivity index (χ4v) is 3.06. The summed E-state index contributed by atoms with van der Waals surface area (Å²) in [4.78, 5) is 12.4. The number of aromatic nitrogens is 3. The Morgan fingerprint density at radius 2 is 2.09 bits per heavy atom. The van der Waals surface area contributed by atoms with E-state index in [1.807, 2.05) is 25.3 Å². The number of carbonyl (C=O) groups excluding carboxylic acids is 1. The first-order valence-corrected chi connectivity index (χ1v) is 8.19. The Hall–Kier alpha value is -2.22. The van der Waals surface area contributed by atoms with Gasteiger partial charge in [0.15, 0.2) is 16.7 Å². The lowest BCUT2D eigenvalue weighted by atomic mass is 10.2. The van der Waals surface area contributed by atoms with Crippen molar-refractivity contribution in [3.8, 4) is 11.5 Å². The van der Waals surface area contributed by atoms with Crippen LogP contribution in [0.4, 0.5) is 5.69 Å². The molecule has 1 N–H and O–H groups in total. The number of ether oxygens (including phenoxy) is 2. The molecule has 1 amide bonds. The average Bonchev–Trinajstić information content (AvgIpc) is 3.15. The fraction of sp³-hybridized carbons (Fsp3) is 0.400. The van der Waals surface area contributed by atoms with E-state index in [-0.39, 0.29) is 24.0 Å². The van der Waals surface area contributed by atoms with Crippen molar-refractivity contribution in [2.24, 2.45) is 0 Å². The number of thioether (sulfide) groups is 1. The van der Waals surface area contributed by atoms with Crippen LogP contribution in [-0.4, -0.2) is 32.7 Å². The number of nitrogens with one attached hydrogen (secondary N) is 1. The van der Waals surface area contributed by atoms with Crippen LogP contribution in [0.1, 0.15) is 26.8 Å². The summed E-state index contributed by atoms with van der Waals surface area (Å²) in [6, 6.07) is 5.58. The number of benzene rings is 1. The molecule has 2 aromatic rings. The van der Waals surface area contributed by atoms with Gasteiger partial charge >= 0.3 is 0 Å². The van der Waals surface area contributed by atoms with Gasteiger partial charge in [-0.3, -0.25) is 4.79 Å². The summed E-state index contributed by atoms with van der Waals surface area (Å²) in [5, 5.41) is 11.3. The van der Waals surface area contributed by atoms with Crippen molar-refractivity contribution in [1.82, 2.24) is 14.8 Å². The van der Waals surface area contributed by atoms with Gasteiger partial charge in [0, 0.05) is 17.8 Å². The van der Waals surface area contributed by atoms with E-state index in [1.54, 1.807) is 24.5 Å². The van der Waals surface area contributed by atoms with E-state index in [1.165, 1.54) is 11.8 Å². The molecule has 122 valence electrons. The van der Waals surface area contributed by atoms with Crippen LogP contribution < -0.4 is 14.8 Å². The molecular formula is C15H18N4O3S. The molecule has 2 heterocycles. The average molecular weight is 334 g/mol. The Bertz CT molecular complexity index is 716. The van der Waals surface area contributed by atoms with Gasteiger partial charge in [-0.25, -0.2) is 0 Å². The van der Waals surface area contributed by atoms with Gasteiger partial charge in [-0.05, 0) is 32.9 Å². The summed E-state index contributed by atoms with van der Waals surface area (Å²) in [6.07, 6.45) is 1.68. The molecule has 23 heavy (non-hydrogen) atoms. The van der Waals surface area contributed by atoms with Crippen molar-refractivity contribution < 1.29 is 14.3 Å². The predicted octanol–water partition coefficient (Wildman–Crippen LogP) is 2.71. The normalized spacial score (nSPS) is 14.1. The van der Waals surface area contributed by atoms with Crippen LogP contribution in [0.15, 0.2) is 29.7 Å². The highest BCUT2D eigenvalue weighted by atomic mass is 32.2. The second-order valence-electron chi connectivity index (χ2n) is 5.43. The summed E-state index contributed by atoms with van der Waals surface area (Å²) >= 11 is 1.38. The number of rotatable bonds is 5. The van der Waals surface area contributed by atoms with E-state index in [2.05, 4.69) is 15.5 Å². The van der Waals surface area contributed by atoms with Crippen LogP contribution in [0, 0.1) is 0 Å². The van der Waals surface area contributed by atoms with Crippen molar-refractivity contribution in [2.75, 3.05) is 12.1 Å². The number of anilines is 1. The Labute approximate surface area is 138 Å². The molecule has 1 aromatic heterocycles. The van der Waals surface area contributed by atoms with Gasteiger partial charge in [-0.15, -0.1) is 10.2 Å². The molecule has 0 radical (unpaired) electrons. The molecule has 0 saturated heterocycles. The van der Waals surface area contributed by atoms with Crippen LogP contribution in [0.2, 0.25) is 0 Å². The summed E-state index contributed by atoms with van der Waals surface area (Å²) in [5.74, 6) is 1.23. The molecule has 0 unspecified atom stereocenters. The van der Waals surface area contributed by atoms with Crippen LogP contribution in [0.5, 0.6) is 11.5 Å². The van der Waals surface area contributed by atoms with E-state index in [9.17, 15) is 4.79 Å². The second kappa shape index (κ2) is 6.49. The van der Waals surface area contributed by atoms with Gasteiger partial charge < -0.3 is 19.4 Å². The molecule has 0 spiro atoms. The number of hydrogen-bond acceptors (Lipinski definition) is 6. The van der Waals surface area contributed by atoms with Gasteiger partial charge in [0.05, 0.1) is 5.25 Å². The maximum absolute atomic E-state index is 12.4. The quantitative estimate of drug-likeness (QED) is 0.847. The number of fused-ring (bicyclic) bond motifs is 1. The highest BCUT2D eigenvalue weighted by Gasteiger charge is 2.20. The zero-order valence-electron chi connectivity index (χ0n) is 13.1. The lowest BCUT2D eigenvalue weighted by molar-refractivity contribution is -0.115. The first-order chi connectivity index (χ1) is 11.0. The molecule has 8 heteroatoms. The SMILES string of the molecule is CC(C)n1cnnc1S[C@H](C)C(=O)Nc1ccc2c(c1)OCO2. The highest BCUT2D eigenvalue weighted by molar-refractivity contribution is 8.00. The monoisotopic (exact) mass is 334 g/mol. The van der Waals surface area contributed by atoms with Gasteiger partial charge in [0.2, 0.25) is 12.7 Å². The Balaban J connectivity index is 1.64. The topological polar surface area (TPSA) is 78.3 Å². The first kappa shape index (κ1) is 15.7. The maximum atomic E-state index is 12.4. The number of carbonyl (C=O) groups is 1. The molecular weight excluding hydrogens is 316 g/mol. The molecule has 1 atom stereocenters. The van der Waals surface area contributed by atoms with Gasteiger partial charge in [-0.1, -0.05) is 11.8 Å². The molecule has 0 fully saturated rings. The van der Waals surface area contributed by atoms with Crippen LogP contribution in [0.3, 0.4) is 0 Å². The second-order valence-corrected chi connectivity index (χ2v) is 6.74. The van der Waals surface area contributed by atoms with Crippen LogP contribution in [-0.2, 0) is 4.79 Å². The summed E-state index contributed by atoms with van der Waals surface area (Å²) in [5.41, 5.74) is 0.678. The first-order valence-electron chi connectivity index (χ1n) is 7.31. The lowest BCUT2D eigenvalue weighted by Gasteiger charge is -2.14. The third-order valence-corrected chi connectivity index (χ3v) is 4.46. The van der Waals surface area contributed by atoms with E-state index in [0.29, 0.717) is 17.2 Å². The van der Waals surface area contributed by atoms with E-state index in [0.717, 1.165) is 5.16 Å². The van der Waals surface area contributed by atoms with Crippen molar-refractivity contribution in [1.29, 1.82) is 0 Å². The lowest BCUT2D eigenvalue weighted by Crippen LogP contribution is -2.23. The number of hydrogen-bond donors (Lipinski definition) is 1. The predicted molar refractivity (Wildman–Crippen MR) is 86.9 cm³/mol. The standard InChI is InChI=1S/C15H18N4O3S/c1-9(2)19-7-16-18-15(19)23-10(3)14(20)17-11-4-5-12-13(6-11)22-8-21-12/h4-7,9-10H,8H2,1-3H3,(H,17,20)/t10-/m1/s1. The molecule has 7 nitrogen and oxygen atoms in total. The van der Waals surface area contributed by atoms with Gasteiger partial charge in [0.25, 0.3) is 0 Å². The van der Waals surface area contributed by atoms with E-state index in [4.69, 9.17) is 9.47 Å². The van der Waals surface area contributed by atoms with Crippen LogP contribution in [0.25, 0.3) is 0 Å². The Morgan fingerprint density at radius 1 is 1.30 bits per heavy atom. The summed E-state index contributed by atoms with van der Waals surface area (Å²) in [6.45, 7) is 6.14. The van der Waals surface area contributed by atoms with Gasteiger partial charge in [0.1, 0.15) is 6.33 Å². The van der Waals surface area contributed by atoms with Gasteiger partial charge in [-0.2, -0.15) is 0 Å². The number of nitrogens with zero attached hydrogens (tertiary/aromatic N) is 3. The van der Waals surface area contributed by atoms with E-state index < -0.39 is 0 Å². The zero-order chi connectivity index (χ0) is 16.4. The van der Waals surface area contributed by atoms with Crippen LogP contribution >= 0.6 is 11.8 Å². The number of amides is 1.